The second-order valence-electron chi connectivity index (χ2n) is 7.06. The molecular weight excluding hydrogens is 312 g/mol. The van der Waals surface area contributed by atoms with Gasteiger partial charge in [-0.15, -0.1) is 0 Å². The van der Waals surface area contributed by atoms with Gasteiger partial charge in [-0.2, -0.15) is 0 Å². The minimum absolute atomic E-state index is 0.606. The fourth-order valence-electron chi connectivity index (χ4n) is 3.34. The fourth-order valence-corrected chi connectivity index (χ4v) is 3.34. The van der Waals surface area contributed by atoms with E-state index in [2.05, 4.69) is 0 Å². The summed E-state index contributed by atoms with van der Waals surface area (Å²) in [5.74, 6) is 2.94. The summed E-state index contributed by atoms with van der Waals surface area (Å²) in [4.78, 5) is 0. The van der Waals surface area contributed by atoms with Gasteiger partial charge in [0.25, 0.3) is 0 Å². The number of para-hydroxylation sites is 2. The molecule has 1 saturated carbocycles. The van der Waals surface area contributed by atoms with E-state index in [9.17, 15) is 0 Å². The fraction of sp³-hybridized carbons (Fsp3) is 0.429. The van der Waals surface area contributed by atoms with Crippen LogP contribution in [0.3, 0.4) is 0 Å². The molecule has 1 aliphatic rings. The van der Waals surface area contributed by atoms with Crippen LogP contribution in [0.1, 0.15) is 31.2 Å². The molecule has 0 unspecified atom stereocenters. The molecule has 0 bridgehead atoms. The van der Waals surface area contributed by atoms with E-state index in [1.807, 2.05) is 49.4 Å². The molecule has 1 aliphatic carbocycles. The summed E-state index contributed by atoms with van der Waals surface area (Å²) in [5.41, 5.74) is 14.4. The van der Waals surface area contributed by atoms with Crippen molar-refractivity contribution in [1.29, 1.82) is 0 Å². The van der Waals surface area contributed by atoms with E-state index < -0.39 is 0 Å². The standard InChI is InChI=1S/C21H28N2O2/c1-15-12-18(10-11-19(15)22)24-13-16-6-8-17(9-7-16)14-25-21-5-3-2-4-20(21)23/h2-5,10-12,16-17H,6-9,13-14,22-23H2,1H3. The first-order valence-electron chi connectivity index (χ1n) is 9.08. The number of hydrogen-bond donors (Lipinski definition) is 2. The molecule has 134 valence electrons. The Hall–Kier alpha value is -2.36. The number of aryl methyl sites for hydroxylation is 1. The van der Waals surface area contributed by atoms with E-state index in [0.29, 0.717) is 17.5 Å². The number of nitrogens with two attached hydrogens (primary N) is 2. The van der Waals surface area contributed by atoms with Crippen LogP contribution in [0, 0.1) is 18.8 Å². The van der Waals surface area contributed by atoms with Gasteiger partial charge in [0.2, 0.25) is 0 Å². The Labute approximate surface area is 150 Å². The summed E-state index contributed by atoms with van der Waals surface area (Å²) in [7, 11) is 0. The number of nitrogen functional groups attached to an aromatic ring is 2. The summed E-state index contributed by atoms with van der Waals surface area (Å²) in [6.45, 7) is 3.54. The molecule has 1 fully saturated rings. The summed E-state index contributed by atoms with van der Waals surface area (Å²) in [6, 6.07) is 13.6. The lowest BCUT2D eigenvalue weighted by atomic mass is 9.83. The lowest BCUT2D eigenvalue weighted by Gasteiger charge is -2.28. The maximum absolute atomic E-state index is 5.96. The molecule has 4 N–H and O–H groups in total. The van der Waals surface area contributed by atoms with Crippen molar-refractivity contribution >= 4 is 11.4 Å². The molecule has 0 aromatic heterocycles. The van der Waals surface area contributed by atoms with Gasteiger partial charge in [0.05, 0.1) is 18.9 Å². The zero-order valence-corrected chi connectivity index (χ0v) is 14.9. The second-order valence-corrected chi connectivity index (χ2v) is 7.06. The van der Waals surface area contributed by atoms with E-state index in [1.54, 1.807) is 0 Å². The molecule has 0 radical (unpaired) electrons. The maximum Gasteiger partial charge on any atom is 0.142 e. The van der Waals surface area contributed by atoms with E-state index in [0.717, 1.165) is 36.0 Å². The van der Waals surface area contributed by atoms with E-state index in [1.165, 1.54) is 25.7 Å². The van der Waals surface area contributed by atoms with Gasteiger partial charge in [-0.1, -0.05) is 12.1 Å². The maximum atomic E-state index is 5.96. The summed E-state index contributed by atoms with van der Waals surface area (Å²) in [5, 5.41) is 0. The number of hydrogen-bond acceptors (Lipinski definition) is 4. The van der Waals surface area contributed by atoms with Gasteiger partial charge in [-0.05, 0) is 80.3 Å². The molecule has 0 atom stereocenters. The van der Waals surface area contributed by atoms with Crippen molar-refractivity contribution in [2.45, 2.75) is 32.6 Å². The van der Waals surface area contributed by atoms with Gasteiger partial charge in [0, 0.05) is 5.69 Å². The first-order chi connectivity index (χ1) is 12.1. The molecule has 4 heteroatoms. The Bertz CT molecular complexity index is 694. The third-order valence-corrected chi connectivity index (χ3v) is 5.09. The summed E-state index contributed by atoms with van der Waals surface area (Å²) >= 11 is 0. The zero-order valence-electron chi connectivity index (χ0n) is 14.9. The molecule has 0 amide bonds. The third-order valence-electron chi connectivity index (χ3n) is 5.09. The van der Waals surface area contributed by atoms with Gasteiger partial charge in [-0.25, -0.2) is 0 Å². The zero-order chi connectivity index (χ0) is 17.6. The molecule has 2 aromatic carbocycles. The largest absolute Gasteiger partial charge is 0.493 e. The molecule has 0 heterocycles. The van der Waals surface area contributed by atoms with Crippen LogP contribution in [0.5, 0.6) is 11.5 Å². The van der Waals surface area contributed by atoms with Crippen LogP contribution in [0.15, 0.2) is 42.5 Å². The SMILES string of the molecule is Cc1cc(OCC2CCC(COc3ccccc3N)CC2)ccc1N. The van der Waals surface area contributed by atoms with Crippen molar-refractivity contribution in [3.05, 3.63) is 48.0 Å². The van der Waals surface area contributed by atoms with Crippen LogP contribution < -0.4 is 20.9 Å². The molecule has 0 saturated heterocycles. The van der Waals surface area contributed by atoms with Gasteiger partial charge in [0.15, 0.2) is 0 Å². The Balaban J connectivity index is 1.39. The van der Waals surface area contributed by atoms with E-state index in [4.69, 9.17) is 20.9 Å². The molecule has 0 aliphatic heterocycles. The highest BCUT2D eigenvalue weighted by Gasteiger charge is 2.22. The number of rotatable bonds is 6. The van der Waals surface area contributed by atoms with Crippen molar-refractivity contribution < 1.29 is 9.47 Å². The highest BCUT2D eigenvalue weighted by Crippen LogP contribution is 2.31. The van der Waals surface area contributed by atoms with Gasteiger partial charge < -0.3 is 20.9 Å². The van der Waals surface area contributed by atoms with Crippen LogP contribution in [0.4, 0.5) is 11.4 Å². The molecule has 2 aromatic rings. The number of anilines is 2. The summed E-state index contributed by atoms with van der Waals surface area (Å²) in [6.07, 6.45) is 4.74. The average Bonchev–Trinajstić information content (AvgIpc) is 2.63. The molecule has 3 rings (SSSR count). The average molecular weight is 340 g/mol. The van der Waals surface area contributed by atoms with E-state index >= 15 is 0 Å². The number of benzene rings is 2. The minimum Gasteiger partial charge on any atom is -0.493 e. The smallest absolute Gasteiger partial charge is 0.142 e. The first kappa shape index (κ1) is 17.5. The monoisotopic (exact) mass is 340 g/mol. The minimum atomic E-state index is 0.606. The van der Waals surface area contributed by atoms with Gasteiger partial charge >= 0.3 is 0 Å². The Morgan fingerprint density at radius 2 is 1.48 bits per heavy atom. The Morgan fingerprint density at radius 1 is 0.840 bits per heavy atom. The molecular formula is C21H28N2O2. The number of ether oxygens (including phenoxy) is 2. The van der Waals surface area contributed by atoms with Crippen LogP contribution in [0.25, 0.3) is 0 Å². The highest BCUT2D eigenvalue weighted by atomic mass is 16.5. The van der Waals surface area contributed by atoms with Crippen molar-refractivity contribution in [3.63, 3.8) is 0 Å². The lowest BCUT2D eigenvalue weighted by Crippen LogP contribution is -2.23. The molecule has 4 nitrogen and oxygen atoms in total. The van der Waals surface area contributed by atoms with Crippen LogP contribution in [-0.2, 0) is 0 Å². The van der Waals surface area contributed by atoms with Crippen molar-refractivity contribution in [2.24, 2.45) is 11.8 Å². The predicted molar refractivity (Wildman–Crippen MR) is 103 cm³/mol. The Morgan fingerprint density at radius 3 is 2.12 bits per heavy atom. The van der Waals surface area contributed by atoms with Crippen LogP contribution in [0.2, 0.25) is 0 Å². The van der Waals surface area contributed by atoms with E-state index in [-0.39, 0.29) is 0 Å². The molecule has 0 spiro atoms. The quantitative estimate of drug-likeness (QED) is 0.764. The normalized spacial score (nSPS) is 20.2. The topological polar surface area (TPSA) is 70.5 Å². The lowest BCUT2D eigenvalue weighted by molar-refractivity contribution is 0.148. The first-order valence-corrected chi connectivity index (χ1v) is 9.08. The van der Waals surface area contributed by atoms with Crippen LogP contribution in [-0.4, -0.2) is 13.2 Å². The Kier molecular flexibility index (Phi) is 5.69. The van der Waals surface area contributed by atoms with Gasteiger partial charge in [0.1, 0.15) is 11.5 Å². The molecule has 25 heavy (non-hydrogen) atoms. The summed E-state index contributed by atoms with van der Waals surface area (Å²) < 4.78 is 11.9. The van der Waals surface area contributed by atoms with Crippen molar-refractivity contribution in [1.82, 2.24) is 0 Å². The third kappa shape index (κ3) is 4.81. The van der Waals surface area contributed by atoms with Gasteiger partial charge in [-0.3, -0.25) is 0 Å². The van der Waals surface area contributed by atoms with Crippen LogP contribution >= 0.6 is 0 Å². The van der Waals surface area contributed by atoms with Crippen molar-refractivity contribution in [3.8, 4) is 11.5 Å². The second kappa shape index (κ2) is 8.15. The van der Waals surface area contributed by atoms with Crippen molar-refractivity contribution in [2.75, 3.05) is 24.7 Å². The predicted octanol–water partition coefficient (Wildman–Crippen LogP) is 4.42. The highest BCUT2D eigenvalue weighted by molar-refractivity contribution is 5.51.